The van der Waals surface area contributed by atoms with Crippen LogP contribution >= 0.6 is 0 Å². The standard InChI is InChI=1S/C38H44NO4.2C7H7.Hf/c1-7-28-17-18-35(42-20-12-19-39-36-32(25(2)3)21-27(6)22-33(36)26(4)5)34(23-28)30-15-11-16-31(37(30)40)38(41)43-24-29-13-9-8-10-14-29;2*1-7-5-3-2-4-6-7;/h8-11,13-18,21-23,25-26H,7,12,19-20,24H2,1-6H3,(H,40,41);2*2-6H,1H2;/q3*-1;. The van der Waals surface area contributed by atoms with Gasteiger partial charge in [-0.3, -0.25) is 0 Å². The van der Waals surface area contributed by atoms with Crippen LogP contribution in [0, 0.1) is 20.8 Å². The molecule has 0 saturated carbocycles. The number of para-hydroxylation sites is 1. The van der Waals surface area contributed by atoms with Crippen LogP contribution < -0.4 is 4.74 Å². The van der Waals surface area contributed by atoms with Gasteiger partial charge in [-0.1, -0.05) is 124 Å². The summed E-state index contributed by atoms with van der Waals surface area (Å²) < 4.78 is 11.8. The van der Waals surface area contributed by atoms with E-state index in [9.17, 15) is 9.90 Å². The first-order valence-electron chi connectivity index (χ1n) is 19.8. The van der Waals surface area contributed by atoms with Gasteiger partial charge in [0.1, 0.15) is 23.7 Å². The second kappa shape index (κ2) is 24.5. The SMILES string of the molecule is CCc1ccc(OCCC[N-]c2c(C(C)C)cc(C)cc2C(C)C)c(-c2cccc(C(=O)OCc3ccccc3)c2O)c1.[CH2-]c1ccccc1.[CH2-]c1ccccc1.[Hf]. The largest absolute Gasteiger partial charge is 0.684 e. The van der Waals surface area contributed by atoms with Crippen LogP contribution in [-0.4, -0.2) is 24.2 Å². The number of hydrogen-bond donors (Lipinski definition) is 1. The molecule has 58 heavy (non-hydrogen) atoms. The Balaban J connectivity index is 0.000000501. The van der Waals surface area contributed by atoms with Crippen molar-refractivity contribution in [3.63, 3.8) is 0 Å². The van der Waals surface area contributed by atoms with Gasteiger partial charge in [-0.25, -0.2) is 4.79 Å². The van der Waals surface area contributed by atoms with Gasteiger partial charge in [0.15, 0.2) is 0 Å². The molecule has 0 spiro atoms. The van der Waals surface area contributed by atoms with Gasteiger partial charge >= 0.3 is 5.97 Å². The molecule has 6 rings (SSSR count). The fourth-order valence-electron chi connectivity index (χ4n) is 6.15. The molecule has 0 atom stereocenters. The summed E-state index contributed by atoms with van der Waals surface area (Å²) in [5.74, 6) is 0.757. The molecule has 0 aliphatic carbocycles. The number of nitrogens with zero attached hydrogens (tertiary/aromatic N) is 1. The first-order valence-corrected chi connectivity index (χ1v) is 19.8. The molecular formula is C52H58HfNO4-3. The smallest absolute Gasteiger partial charge is 0.342 e. The van der Waals surface area contributed by atoms with Crippen LogP contribution in [0.5, 0.6) is 11.5 Å². The van der Waals surface area contributed by atoms with Crippen LogP contribution in [0.3, 0.4) is 0 Å². The molecule has 0 aromatic heterocycles. The van der Waals surface area contributed by atoms with Crippen molar-refractivity contribution >= 4 is 11.7 Å². The molecule has 0 radical (unpaired) electrons. The molecule has 1 N–H and O–H groups in total. The van der Waals surface area contributed by atoms with E-state index in [1.54, 1.807) is 18.2 Å². The number of aryl methyl sites for hydroxylation is 2. The van der Waals surface area contributed by atoms with Gasteiger partial charge in [0.25, 0.3) is 0 Å². The summed E-state index contributed by atoms with van der Waals surface area (Å²) >= 11 is 0. The predicted molar refractivity (Wildman–Crippen MR) is 238 cm³/mol. The van der Waals surface area contributed by atoms with Crippen molar-refractivity contribution in [1.29, 1.82) is 0 Å². The van der Waals surface area contributed by atoms with E-state index in [0.717, 1.165) is 46.3 Å². The van der Waals surface area contributed by atoms with Crippen molar-refractivity contribution in [3.05, 3.63) is 203 Å². The Morgan fingerprint density at radius 3 is 1.74 bits per heavy atom. The fraction of sp³-hybridized carbons (Fsp3) is 0.250. The number of benzene rings is 6. The van der Waals surface area contributed by atoms with Crippen molar-refractivity contribution in [1.82, 2.24) is 0 Å². The van der Waals surface area contributed by atoms with Gasteiger partial charge in [0.05, 0.1) is 6.61 Å². The van der Waals surface area contributed by atoms with Gasteiger partial charge in [-0.05, 0) is 60.9 Å². The van der Waals surface area contributed by atoms with Crippen LogP contribution in [0.2, 0.25) is 0 Å². The fourth-order valence-corrected chi connectivity index (χ4v) is 6.15. The number of carbonyl (C=O) groups is 1. The molecule has 0 amide bonds. The van der Waals surface area contributed by atoms with Crippen LogP contribution in [0.1, 0.15) is 102 Å². The molecule has 0 heterocycles. The molecule has 6 heteroatoms. The zero-order valence-corrected chi connectivity index (χ0v) is 38.6. The van der Waals surface area contributed by atoms with E-state index in [0.29, 0.717) is 36.3 Å². The summed E-state index contributed by atoms with van der Waals surface area (Å²) in [6, 6.07) is 44.9. The number of phenolic OH excluding ortho intramolecular Hbond substituents is 1. The minimum Gasteiger partial charge on any atom is -0.684 e. The summed E-state index contributed by atoms with van der Waals surface area (Å²) in [6.45, 7) is 21.8. The molecule has 302 valence electrons. The van der Waals surface area contributed by atoms with Crippen molar-refractivity contribution in [2.24, 2.45) is 0 Å². The summed E-state index contributed by atoms with van der Waals surface area (Å²) in [6.07, 6.45) is 1.58. The maximum absolute atomic E-state index is 12.9. The Morgan fingerprint density at radius 2 is 1.24 bits per heavy atom. The summed E-state index contributed by atoms with van der Waals surface area (Å²) in [4.78, 5) is 12.9. The summed E-state index contributed by atoms with van der Waals surface area (Å²) in [5, 5.41) is 16.3. The third-order valence-corrected chi connectivity index (χ3v) is 9.28. The molecular weight excluding hydrogens is 881 g/mol. The first kappa shape index (κ1) is 47.2. The summed E-state index contributed by atoms with van der Waals surface area (Å²) in [5.41, 5.74) is 10.5. The van der Waals surface area contributed by atoms with E-state index in [1.165, 1.54) is 16.7 Å². The molecule has 6 aromatic carbocycles. The Bertz CT molecular complexity index is 2050. The number of carbonyl (C=O) groups excluding carboxylic acids is 1. The molecule has 0 fully saturated rings. The summed E-state index contributed by atoms with van der Waals surface area (Å²) in [7, 11) is 0. The van der Waals surface area contributed by atoms with Gasteiger partial charge in [-0.15, -0.1) is 36.5 Å². The molecule has 0 unspecified atom stereocenters. The van der Waals surface area contributed by atoms with Gasteiger partial charge in [-0.2, -0.15) is 49.2 Å². The zero-order chi connectivity index (χ0) is 41.2. The minimum atomic E-state index is -0.573. The third-order valence-electron chi connectivity index (χ3n) is 9.28. The van der Waals surface area contributed by atoms with E-state index in [2.05, 4.69) is 67.5 Å². The third kappa shape index (κ3) is 14.6. The second-order valence-electron chi connectivity index (χ2n) is 14.6. The average molecular weight is 940 g/mol. The number of rotatable bonds is 13. The maximum Gasteiger partial charge on any atom is 0.342 e. The van der Waals surface area contributed by atoms with E-state index >= 15 is 0 Å². The molecule has 0 bridgehead atoms. The molecule has 0 aliphatic rings. The minimum absolute atomic E-state index is 0. The zero-order valence-electron chi connectivity index (χ0n) is 35.0. The Hall–Kier alpha value is -5.20. The number of aromatic hydroxyl groups is 1. The Morgan fingerprint density at radius 1 is 0.690 bits per heavy atom. The normalized spacial score (nSPS) is 10.3. The van der Waals surface area contributed by atoms with Crippen LogP contribution in [-0.2, 0) is 43.6 Å². The van der Waals surface area contributed by atoms with Crippen molar-refractivity contribution in [3.8, 4) is 22.6 Å². The molecule has 0 aliphatic heterocycles. The number of esters is 1. The van der Waals surface area contributed by atoms with Crippen LogP contribution in [0.15, 0.2) is 140 Å². The van der Waals surface area contributed by atoms with E-state index in [4.69, 9.17) is 14.8 Å². The van der Waals surface area contributed by atoms with Crippen LogP contribution in [0.4, 0.5) is 5.69 Å². The van der Waals surface area contributed by atoms with Gasteiger partial charge in [0.2, 0.25) is 0 Å². The molecule has 6 aromatic rings. The topological polar surface area (TPSA) is 69.9 Å². The second-order valence-corrected chi connectivity index (χ2v) is 14.6. The average Bonchev–Trinajstić information content (AvgIpc) is 3.21. The number of phenols is 1. The quantitative estimate of drug-likeness (QED) is 0.0542. The number of hydrogen-bond acceptors (Lipinski definition) is 4. The predicted octanol–water partition coefficient (Wildman–Crippen LogP) is 13.7. The molecule has 5 nitrogen and oxygen atoms in total. The first-order chi connectivity index (χ1) is 27.5. The van der Waals surface area contributed by atoms with Crippen LogP contribution in [0.25, 0.3) is 16.4 Å². The van der Waals surface area contributed by atoms with E-state index in [-0.39, 0.29) is 43.8 Å². The van der Waals surface area contributed by atoms with Crippen molar-refractivity contribution in [2.75, 3.05) is 13.2 Å². The number of ether oxygens (including phenoxy) is 2. The molecule has 0 saturated heterocycles. The maximum atomic E-state index is 12.9. The van der Waals surface area contributed by atoms with E-state index < -0.39 is 5.97 Å². The monoisotopic (exact) mass is 940 g/mol. The van der Waals surface area contributed by atoms with Gasteiger partial charge < -0.3 is 19.9 Å². The van der Waals surface area contributed by atoms with E-state index in [1.807, 2.05) is 109 Å². The van der Waals surface area contributed by atoms with Crippen molar-refractivity contribution in [2.45, 2.75) is 72.8 Å². The van der Waals surface area contributed by atoms with Crippen molar-refractivity contribution < 1.29 is 45.2 Å². The van der Waals surface area contributed by atoms with Gasteiger partial charge in [0, 0.05) is 37.0 Å². The Labute approximate surface area is 366 Å². The Kier molecular flexibility index (Phi) is 20.0.